The monoisotopic (exact) mass is 389 g/mol. The first kappa shape index (κ1) is 19.2. The summed E-state index contributed by atoms with van der Waals surface area (Å²) < 4.78 is 0. The van der Waals surface area contributed by atoms with Crippen molar-refractivity contribution in [3.05, 3.63) is 71.9 Å². The number of nitrogens with zero attached hydrogens (tertiary/aromatic N) is 1. The van der Waals surface area contributed by atoms with Gasteiger partial charge in [-0.3, -0.25) is 9.59 Å². The van der Waals surface area contributed by atoms with E-state index in [1.54, 1.807) is 0 Å². The lowest BCUT2D eigenvalue weighted by atomic mass is 9.92. The predicted molar refractivity (Wildman–Crippen MR) is 115 cm³/mol. The van der Waals surface area contributed by atoms with Crippen molar-refractivity contribution >= 4 is 22.7 Å². The van der Waals surface area contributed by atoms with Gasteiger partial charge in [-0.15, -0.1) is 0 Å². The minimum absolute atomic E-state index is 0.00683. The first-order valence-electron chi connectivity index (χ1n) is 10.3. The molecule has 2 aromatic carbocycles. The maximum atomic E-state index is 12.8. The largest absolute Gasteiger partial charge is 0.351 e. The van der Waals surface area contributed by atoms with E-state index in [4.69, 9.17) is 0 Å². The second kappa shape index (κ2) is 8.52. The molecule has 1 atom stereocenters. The van der Waals surface area contributed by atoms with Gasteiger partial charge in [-0.2, -0.15) is 0 Å². The fraction of sp³-hybridized carbons (Fsp3) is 0.333. The summed E-state index contributed by atoms with van der Waals surface area (Å²) in [6.45, 7) is 3.40. The molecule has 0 saturated carbocycles. The van der Waals surface area contributed by atoms with Crippen molar-refractivity contribution in [3.63, 3.8) is 0 Å². The molecule has 0 radical (unpaired) electrons. The summed E-state index contributed by atoms with van der Waals surface area (Å²) in [6.07, 6.45) is 2.24. The molecule has 0 spiro atoms. The molecule has 3 aromatic rings. The lowest BCUT2D eigenvalue weighted by Crippen LogP contribution is -2.40. The van der Waals surface area contributed by atoms with Crippen molar-refractivity contribution < 1.29 is 9.59 Å². The third-order valence-corrected chi connectivity index (χ3v) is 5.81. The lowest BCUT2D eigenvalue weighted by Gasteiger charge is -2.31. The first-order valence-corrected chi connectivity index (χ1v) is 10.3. The van der Waals surface area contributed by atoms with Crippen LogP contribution in [0.3, 0.4) is 0 Å². The second-order valence-corrected chi connectivity index (χ2v) is 7.91. The van der Waals surface area contributed by atoms with Gasteiger partial charge in [0.1, 0.15) is 5.69 Å². The van der Waals surface area contributed by atoms with Gasteiger partial charge in [-0.1, -0.05) is 48.5 Å². The highest BCUT2D eigenvalue weighted by Crippen LogP contribution is 2.23. The number of para-hydroxylation sites is 1. The Bertz CT molecular complexity index is 955. The molecule has 2 N–H and O–H groups in total. The number of carbonyl (C=O) groups excluding carboxylic acids is 2. The average Bonchev–Trinajstić information content (AvgIpc) is 3.18. The zero-order valence-corrected chi connectivity index (χ0v) is 16.7. The van der Waals surface area contributed by atoms with Crippen molar-refractivity contribution in [2.24, 2.45) is 5.92 Å². The molecule has 4 rings (SSSR count). The van der Waals surface area contributed by atoms with Crippen LogP contribution in [0.2, 0.25) is 0 Å². The molecule has 150 valence electrons. The Labute approximate surface area is 171 Å². The van der Waals surface area contributed by atoms with E-state index in [9.17, 15) is 9.59 Å². The van der Waals surface area contributed by atoms with E-state index in [2.05, 4.69) is 10.3 Å². The van der Waals surface area contributed by atoms with Crippen LogP contribution in [0.5, 0.6) is 0 Å². The molecule has 29 heavy (non-hydrogen) atoms. The number of rotatable bonds is 5. The van der Waals surface area contributed by atoms with E-state index in [1.165, 1.54) is 0 Å². The Hall–Kier alpha value is -3.08. The molecule has 0 aliphatic carbocycles. The van der Waals surface area contributed by atoms with Crippen LogP contribution in [-0.2, 0) is 4.79 Å². The summed E-state index contributed by atoms with van der Waals surface area (Å²) in [5.74, 6) is 0.452. The third-order valence-electron chi connectivity index (χ3n) is 5.81. The van der Waals surface area contributed by atoms with Crippen molar-refractivity contribution in [3.8, 4) is 0 Å². The summed E-state index contributed by atoms with van der Waals surface area (Å²) in [5.41, 5.74) is 2.73. The zero-order valence-electron chi connectivity index (χ0n) is 16.7. The van der Waals surface area contributed by atoms with Gasteiger partial charge >= 0.3 is 0 Å². The number of H-pyrrole nitrogens is 1. The number of nitrogens with one attached hydrogen (secondary N) is 2. The zero-order chi connectivity index (χ0) is 20.2. The van der Waals surface area contributed by atoms with Gasteiger partial charge in [-0.25, -0.2) is 0 Å². The van der Waals surface area contributed by atoms with E-state index < -0.39 is 0 Å². The fourth-order valence-corrected chi connectivity index (χ4v) is 4.09. The lowest BCUT2D eigenvalue weighted by molar-refractivity contribution is -0.122. The quantitative estimate of drug-likeness (QED) is 0.684. The van der Waals surface area contributed by atoms with Crippen LogP contribution < -0.4 is 5.32 Å². The van der Waals surface area contributed by atoms with Crippen LogP contribution in [0.1, 0.15) is 48.3 Å². The molecule has 0 bridgehead atoms. The van der Waals surface area contributed by atoms with E-state index >= 15 is 0 Å². The van der Waals surface area contributed by atoms with Crippen LogP contribution in [0, 0.1) is 5.92 Å². The molecule has 1 aliphatic heterocycles. The predicted octanol–water partition coefficient (Wildman–Crippen LogP) is 4.29. The Kier molecular flexibility index (Phi) is 5.65. The SMILES string of the molecule is C[C@@H](NC(=O)CC1CCN(C(=O)c2cc3ccccc3[nH]2)CC1)c1ccccc1. The number of hydrogen-bond acceptors (Lipinski definition) is 2. The van der Waals surface area contributed by atoms with Crippen LogP contribution in [-0.4, -0.2) is 34.8 Å². The summed E-state index contributed by atoms with van der Waals surface area (Å²) in [6, 6.07) is 19.8. The minimum atomic E-state index is 0.00683. The summed E-state index contributed by atoms with van der Waals surface area (Å²) in [4.78, 5) is 30.4. The van der Waals surface area contributed by atoms with Gasteiger partial charge in [0.25, 0.3) is 5.91 Å². The van der Waals surface area contributed by atoms with Gasteiger partial charge in [0, 0.05) is 30.4 Å². The van der Waals surface area contributed by atoms with Crippen LogP contribution in [0.15, 0.2) is 60.7 Å². The number of carbonyl (C=O) groups is 2. The Morgan fingerprint density at radius 2 is 1.76 bits per heavy atom. The number of benzene rings is 2. The molecule has 1 fully saturated rings. The van der Waals surface area contributed by atoms with E-state index in [0.29, 0.717) is 31.1 Å². The van der Waals surface area contributed by atoms with Crippen molar-refractivity contribution in [1.82, 2.24) is 15.2 Å². The molecule has 2 amide bonds. The molecule has 2 heterocycles. The van der Waals surface area contributed by atoms with E-state index in [0.717, 1.165) is 29.3 Å². The smallest absolute Gasteiger partial charge is 0.270 e. The Morgan fingerprint density at radius 3 is 2.48 bits per heavy atom. The molecular formula is C24H27N3O2. The standard InChI is InChI=1S/C24H27N3O2/c1-17(19-7-3-2-4-8-19)25-23(28)15-18-11-13-27(14-12-18)24(29)22-16-20-9-5-6-10-21(20)26-22/h2-10,16-18,26H,11-15H2,1H3,(H,25,28)/t17-/m1/s1. The molecule has 5 heteroatoms. The highest BCUT2D eigenvalue weighted by atomic mass is 16.2. The highest BCUT2D eigenvalue weighted by Gasteiger charge is 2.26. The minimum Gasteiger partial charge on any atom is -0.351 e. The van der Waals surface area contributed by atoms with Crippen molar-refractivity contribution in [2.75, 3.05) is 13.1 Å². The molecule has 1 aliphatic rings. The van der Waals surface area contributed by atoms with Gasteiger partial charge in [0.15, 0.2) is 0 Å². The number of piperidine rings is 1. The van der Waals surface area contributed by atoms with E-state index in [-0.39, 0.29) is 17.9 Å². The van der Waals surface area contributed by atoms with Crippen molar-refractivity contribution in [2.45, 2.75) is 32.2 Å². The van der Waals surface area contributed by atoms with Crippen molar-refractivity contribution in [1.29, 1.82) is 0 Å². The normalized spacial score (nSPS) is 16.0. The van der Waals surface area contributed by atoms with Crippen LogP contribution in [0.25, 0.3) is 10.9 Å². The molecule has 5 nitrogen and oxygen atoms in total. The number of fused-ring (bicyclic) bond motifs is 1. The Balaban J connectivity index is 1.27. The molecule has 0 unspecified atom stereocenters. The maximum Gasteiger partial charge on any atom is 0.270 e. The molecule has 1 saturated heterocycles. The summed E-state index contributed by atoms with van der Waals surface area (Å²) >= 11 is 0. The first-order chi connectivity index (χ1) is 14.1. The third kappa shape index (κ3) is 4.50. The van der Waals surface area contributed by atoms with Crippen LogP contribution >= 0.6 is 0 Å². The molecular weight excluding hydrogens is 362 g/mol. The van der Waals surface area contributed by atoms with Gasteiger partial charge in [0.2, 0.25) is 5.91 Å². The summed E-state index contributed by atoms with van der Waals surface area (Å²) in [7, 11) is 0. The maximum absolute atomic E-state index is 12.8. The Morgan fingerprint density at radius 1 is 1.07 bits per heavy atom. The van der Waals surface area contributed by atoms with Crippen LogP contribution in [0.4, 0.5) is 0 Å². The second-order valence-electron chi connectivity index (χ2n) is 7.91. The van der Waals surface area contributed by atoms with Gasteiger partial charge in [0.05, 0.1) is 6.04 Å². The fourth-order valence-electron chi connectivity index (χ4n) is 4.09. The number of aromatic nitrogens is 1. The number of aromatic amines is 1. The average molecular weight is 389 g/mol. The number of hydrogen-bond donors (Lipinski definition) is 2. The number of amides is 2. The summed E-state index contributed by atoms with van der Waals surface area (Å²) in [5, 5.41) is 4.14. The number of likely N-dealkylation sites (tertiary alicyclic amines) is 1. The highest BCUT2D eigenvalue weighted by molar-refractivity contribution is 5.98. The molecule has 1 aromatic heterocycles. The van der Waals surface area contributed by atoms with Gasteiger partial charge in [-0.05, 0) is 43.4 Å². The topological polar surface area (TPSA) is 65.2 Å². The van der Waals surface area contributed by atoms with E-state index in [1.807, 2.05) is 72.5 Å². The van der Waals surface area contributed by atoms with Gasteiger partial charge < -0.3 is 15.2 Å².